The average Bonchev–Trinajstić information content (AvgIpc) is 2.69. The Morgan fingerprint density at radius 3 is 2.33 bits per heavy atom. The first-order valence-corrected chi connectivity index (χ1v) is 7.70. The molecule has 0 aromatic heterocycles. The van der Waals surface area contributed by atoms with Crippen LogP contribution in [-0.2, 0) is 0 Å². The first-order chi connectivity index (χ1) is 8.59. The maximum atomic E-state index is 13.1. The molecule has 2 saturated carbocycles. The lowest BCUT2D eigenvalue weighted by molar-refractivity contribution is 0.00492. The predicted molar refractivity (Wildman–Crippen MR) is 70.9 cm³/mol. The van der Waals surface area contributed by atoms with Crippen LogP contribution in [-0.4, -0.2) is 18.5 Å². The lowest BCUT2D eigenvalue weighted by Gasteiger charge is -2.29. The van der Waals surface area contributed by atoms with Crippen LogP contribution in [0.2, 0.25) is 0 Å². The Morgan fingerprint density at radius 1 is 1.06 bits per heavy atom. The Kier molecular flexibility index (Phi) is 4.99. The summed E-state index contributed by atoms with van der Waals surface area (Å²) in [7, 11) is 0. The summed E-state index contributed by atoms with van der Waals surface area (Å²) in [6.07, 6.45) is 8.70. The van der Waals surface area contributed by atoms with Crippen molar-refractivity contribution in [1.29, 1.82) is 0 Å². The van der Waals surface area contributed by atoms with Gasteiger partial charge in [-0.05, 0) is 50.5 Å². The molecule has 2 rings (SSSR count). The molecule has 2 aliphatic rings. The summed E-state index contributed by atoms with van der Waals surface area (Å²) in [6.45, 7) is 3.06. The van der Waals surface area contributed by atoms with Gasteiger partial charge < -0.3 is 5.32 Å². The molecule has 0 spiro atoms. The van der Waals surface area contributed by atoms with Crippen molar-refractivity contribution in [2.24, 2.45) is 11.8 Å². The average molecular weight is 259 g/mol. The lowest BCUT2D eigenvalue weighted by atomic mass is 9.83. The standard InChI is InChI=1S/C15H27F2N/c1-2-3-12-4-6-14(7-5-12)18-11-13-8-9-15(16,17)10-13/h12-14,18H,2-11H2,1H3. The Balaban J connectivity index is 1.61. The first kappa shape index (κ1) is 14.2. The van der Waals surface area contributed by atoms with E-state index < -0.39 is 5.92 Å². The molecular formula is C15H27F2N. The van der Waals surface area contributed by atoms with Gasteiger partial charge in [0.05, 0.1) is 0 Å². The molecule has 0 bridgehead atoms. The molecule has 1 nitrogen and oxygen atoms in total. The fourth-order valence-electron chi connectivity index (χ4n) is 3.61. The van der Waals surface area contributed by atoms with Crippen LogP contribution in [0.25, 0.3) is 0 Å². The van der Waals surface area contributed by atoms with Crippen LogP contribution in [0.1, 0.15) is 64.7 Å². The fraction of sp³-hybridized carbons (Fsp3) is 1.00. The maximum Gasteiger partial charge on any atom is 0.248 e. The lowest BCUT2D eigenvalue weighted by Crippen LogP contribution is -2.36. The first-order valence-electron chi connectivity index (χ1n) is 7.70. The molecule has 0 aromatic carbocycles. The number of hydrogen-bond acceptors (Lipinski definition) is 1. The van der Waals surface area contributed by atoms with Crippen LogP contribution in [0.15, 0.2) is 0 Å². The highest BCUT2D eigenvalue weighted by atomic mass is 19.3. The Morgan fingerprint density at radius 2 is 1.78 bits per heavy atom. The second-order valence-electron chi connectivity index (χ2n) is 6.38. The zero-order valence-electron chi connectivity index (χ0n) is 11.6. The molecule has 1 unspecified atom stereocenters. The number of hydrogen-bond donors (Lipinski definition) is 1. The molecule has 0 aliphatic heterocycles. The van der Waals surface area contributed by atoms with Gasteiger partial charge in [0.25, 0.3) is 0 Å². The molecule has 2 aliphatic carbocycles. The van der Waals surface area contributed by atoms with Crippen LogP contribution < -0.4 is 5.32 Å². The molecule has 18 heavy (non-hydrogen) atoms. The van der Waals surface area contributed by atoms with Crippen LogP contribution >= 0.6 is 0 Å². The van der Waals surface area contributed by atoms with Crippen molar-refractivity contribution in [3.8, 4) is 0 Å². The van der Waals surface area contributed by atoms with Crippen LogP contribution in [0, 0.1) is 11.8 Å². The van der Waals surface area contributed by atoms with Crippen molar-refractivity contribution in [3.05, 3.63) is 0 Å². The molecule has 1 atom stereocenters. The topological polar surface area (TPSA) is 12.0 Å². The van der Waals surface area contributed by atoms with E-state index in [4.69, 9.17) is 0 Å². The van der Waals surface area contributed by atoms with Crippen molar-refractivity contribution in [1.82, 2.24) is 5.32 Å². The number of nitrogens with one attached hydrogen (secondary N) is 1. The van der Waals surface area contributed by atoms with E-state index in [1.807, 2.05) is 0 Å². The normalized spacial score (nSPS) is 35.8. The smallest absolute Gasteiger partial charge is 0.248 e. The quantitative estimate of drug-likeness (QED) is 0.773. The van der Waals surface area contributed by atoms with Gasteiger partial charge in [0, 0.05) is 18.9 Å². The van der Waals surface area contributed by atoms with Crippen molar-refractivity contribution in [2.75, 3.05) is 6.54 Å². The number of alkyl halides is 2. The van der Waals surface area contributed by atoms with Crippen molar-refractivity contribution < 1.29 is 8.78 Å². The molecule has 0 radical (unpaired) electrons. The van der Waals surface area contributed by atoms with E-state index >= 15 is 0 Å². The van der Waals surface area contributed by atoms with Gasteiger partial charge in [-0.1, -0.05) is 19.8 Å². The second-order valence-corrected chi connectivity index (χ2v) is 6.38. The largest absolute Gasteiger partial charge is 0.314 e. The summed E-state index contributed by atoms with van der Waals surface area (Å²) in [4.78, 5) is 0. The van der Waals surface area contributed by atoms with E-state index in [-0.39, 0.29) is 18.8 Å². The summed E-state index contributed by atoms with van der Waals surface area (Å²) in [6, 6.07) is 0.590. The predicted octanol–water partition coefficient (Wildman–Crippen LogP) is 4.37. The van der Waals surface area contributed by atoms with Gasteiger partial charge in [-0.15, -0.1) is 0 Å². The third-order valence-corrected chi connectivity index (χ3v) is 4.74. The van der Waals surface area contributed by atoms with Crippen molar-refractivity contribution in [3.63, 3.8) is 0 Å². The van der Waals surface area contributed by atoms with Crippen molar-refractivity contribution in [2.45, 2.75) is 76.7 Å². The van der Waals surface area contributed by atoms with Gasteiger partial charge in [-0.25, -0.2) is 8.78 Å². The van der Waals surface area contributed by atoms with E-state index in [9.17, 15) is 8.78 Å². The van der Waals surface area contributed by atoms with Gasteiger partial charge >= 0.3 is 0 Å². The fourth-order valence-corrected chi connectivity index (χ4v) is 3.61. The Bertz CT molecular complexity index is 247. The summed E-state index contributed by atoms with van der Waals surface area (Å²) in [5.41, 5.74) is 0. The minimum absolute atomic E-state index is 0.0998. The summed E-state index contributed by atoms with van der Waals surface area (Å²) in [5.74, 6) is -1.26. The molecule has 0 amide bonds. The zero-order chi connectivity index (χ0) is 13.0. The summed E-state index contributed by atoms with van der Waals surface area (Å²) < 4.78 is 26.1. The van der Waals surface area contributed by atoms with Crippen molar-refractivity contribution >= 4 is 0 Å². The highest BCUT2D eigenvalue weighted by molar-refractivity contribution is 4.84. The van der Waals surface area contributed by atoms with E-state index in [0.29, 0.717) is 12.5 Å². The Hall–Kier alpha value is -0.180. The van der Waals surface area contributed by atoms with Gasteiger partial charge in [0.2, 0.25) is 5.92 Å². The summed E-state index contributed by atoms with van der Waals surface area (Å²) in [5, 5.41) is 3.53. The monoisotopic (exact) mass is 259 g/mol. The molecule has 0 saturated heterocycles. The van der Waals surface area contributed by atoms with Gasteiger partial charge in [0.1, 0.15) is 0 Å². The molecule has 2 fully saturated rings. The molecule has 1 N–H and O–H groups in total. The third-order valence-electron chi connectivity index (χ3n) is 4.74. The van der Waals surface area contributed by atoms with Crippen LogP contribution in [0.5, 0.6) is 0 Å². The second kappa shape index (κ2) is 6.31. The van der Waals surface area contributed by atoms with Gasteiger partial charge in [0.15, 0.2) is 0 Å². The minimum Gasteiger partial charge on any atom is -0.314 e. The Labute approximate surface area is 110 Å². The summed E-state index contributed by atoms with van der Waals surface area (Å²) >= 11 is 0. The third kappa shape index (κ3) is 4.18. The molecule has 106 valence electrons. The molecule has 3 heteroatoms. The van der Waals surface area contributed by atoms with E-state index in [2.05, 4.69) is 12.2 Å². The van der Waals surface area contributed by atoms with Crippen LogP contribution in [0.3, 0.4) is 0 Å². The number of halogens is 2. The molecule has 0 heterocycles. The van der Waals surface area contributed by atoms with Crippen LogP contribution in [0.4, 0.5) is 8.78 Å². The highest BCUT2D eigenvalue weighted by Gasteiger charge is 2.39. The van der Waals surface area contributed by atoms with E-state index in [0.717, 1.165) is 12.5 Å². The molecular weight excluding hydrogens is 232 g/mol. The highest BCUT2D eigenvalue weighted by Crippen LogP contribution is 2.38. The van der Waals surface area contributed by atoms with E-state index in [1.54, 1.807) is 0 Å². The van der Waals surface area contributed by atoms with Gasteiger partial charge in [-0.2, -0.15) is 0 Å². The van der Waals surface area contributed by atoms with E-state index in [1.165, 1.54) is 38.5 Å². The number of rotatable bonds is 5. The molecule has 0 aromatic rings. The van der Waals surface area contributed by atoms with Gasteiger partial charge in [-0.3, -0.25) is 0 Å². The SMILES string of the molecule is CCCC1CCC(NCC2CCC(F)(F)C2)CC1. The zero-order valence-corrected chi connectivity index (χ0v) is 11.6. The minimum atomic E-state index is -2.38. The maximum absolute atomic E-state index is 13.1.